The molecule has 0 bridgehead atoms. The fraction of sp³-hybridized carbons (Fsp3) is 0.368. The highest BCUT2D eigenvalue weighted by Crippen LogP contribution is 2.26. The lowest BCUT2D eigenvalue weighted by molar-refractivity contribution is 0.687. The van der Waals surface area contributed by atoms with E-state index in [2.05, 4.69) is 61.6 Å². The van der Waals surface area contributed by atoms with Gasteiger partial charge in [-0.3, -0.25) is 0 Å². The van der Waals surface area contributed by atoms with Gasteiger partial charge in [-0.15, -0.1) is 11.8 Å². The van der Waals surface area contributed by atoms with E-state index in [1.807, 2.05) is 11.8 Å². The van der Waals surface area contributed by atoms with E-state index in [4.69, 9.17) is 0 Å². The van der Waals surface area contributed by atoms with Crippen molar-refractivity contribution in [3.05, 3.63) is 64.7 Å². The number of rotatable bonds is 6. The largest absolute Gasteiger partial charge is 0.310 e. The van der Waals surface area contributed by atoms with E-state index in [0.717, 1.165) is 18.3 Å². The Morgan fingerprint density at radius 1 is 1.00 bits per heavy atom. The van der Waals surface area contributed by atoms with Crippen molar-refractivity contribution >= 4 is 11.8 Å². The van der Waals surface area contributed by atoms with E-state index < -0.39 is 0 Å². The van der Waals surface area contributed by atoms with Crippen molar-refractivity contribution in [2.24, 2.45) is 0 Å². The van der Waals surface area contributed by atoms with Crippen LogP contribution in [0.3, 0.4) is 0 Å². The Balaban J connectivity index is 1.57. The maximum Gasteiger partial charge on any atom is 0.0237 e. The quantitative estimate of drug-likeness (QED) is 0.765. The SMILES string of the molecule is Cc1cccc(C)c1CSc1ccc(CNC2CC2)cc1. The molecule has 3 rings (SSSR count). The van der Waals surface area contributed by atoms with E-state index in [1.54, 1.807) is 0 Å². The van der Waals surface area contributed by atoms with Crippen LogP contribution in [0.2, 0.25) is 0 Å². The number of aryl methyl sites for hydroxylation is 2. The zero-order valence-electron chi connectivity index (χ0n) is 12.9. The summed E-state index contributed by atoms with van der Waals surface area (Å²) >= 11 is 1.93. The molecular weight excluding hydrogens is 274 g/mol. The van der Waals surface area contributed by atoms with Gasteiger partial charge in [0.05, 0.1) is 0 Å². The lowest BCUT2D eigenvalue weighted by Gasteiger charge is -2.10. The standard InChI is InChI=1S/C19H23NS/c1-14-4-3-5-15(2)19(14)13-21-18-10-6-16(7-11-18)12-20-17-8-9-17/h3-7,10-11,17,20H,8-9,12-13H2,1-2H3. The number of hydrogen-bond acceptors (Lipinski definition) is 2. The highest BCUT2D eigenvalue weighted by Gasteiger charge is 2.19. The normalized spacial score (nSPS) is 14.4. The molecule has 1 saturated carbocycles. The van der Waals surface area contributed by atoms with Gasteiger partial charge < -0.3 is 5.32 Å². The molecular formula is C19H23NS. The Morgan fingerprint density at radius 3 is 2.29 bits per heavy atom. The molecule has 0 atom stereocenters. The molecule has 1 N–H and O–H groups in total. The van der Waals surface area contributed by atoms with Crippen molar-refractivity contribution in [1.29, 1.82) is 0 Å². The van der Waals surface area contributed by atoms with Crippen molar-refractivity contribution in [3.8, 4) is 0 Å². The van der Waals surface area contributed by atoms with Gasteiger partial charge in [0.15, 0.2) is 0 Å². The molecule has 0 radical (unpaired) electrons. The summed E-state index contributed by atoms with van der Waals surface area (Å²) in [7, 11) is 0. The molecule has 2 aromatic rings. The van der Waals surface area contributed by atoms with Crippen LogP contribution in [0.25, 0.3) is 0 Å². The highest BCUT2D eigenvalue weighted by atomic mass is 32.2. The van der Waals surface area contributed by atoms with Crippen LogP contribution in [0.1, 0.15) is 35.1 Å². The van der Waals surface area contributed by atoms with E-state index >= 15 is 0 Å². The summed E-state index contributed by atoms with van der Waals surface area (Å²) in [5, 5.41) is 3.56. The van der Waals surface area contributed by atoms with Gasteiger partial charge in [0.1, 0.15) is 0 Å². The molecule has 1 fully saturated rings. The third-order valence-corrected chi connectivity index (χ3v) is 5.16. The van der Waals surface area contributed by atoms with Crippen LogP contribution in [0.4, 0.5) is 0 Å². The smallest absolute Gasteiger partial charge is 0.0237 e. The second-order valence-electron chi connectivity index (χ2n) is 5.96. The van der Waals surface area contributed by atoms with Gasteiger partial charge in [-0.05, 0) is 61.1 Å². The molecule has 2 aromatic carbocycles. The van der Waals surface area contributed by atoms with Gasteiger partial charge in [-0.25, -0.2) is 0 Å². The average molecular weight is 297 g/mol. The summed E-state index contributed by atoms with van der Waals surface area (Å²) in [6.45, 7) is 5.41. The van der Waals surface area contributed by atoms with Crippen molar-refractivity contribution in [3.63, 3.8) is 0 Å². The van der Waals surface area contributed by atoms with Gasteiger partial charge >= 0.3 is 0 Å². The predicted octanol–water partition coefficient (Wildman–Crippen LogP) is 4.85. The van der Waals surface area contributed by atoms with Crippen LogP contribution in [0.15, 0.2) is 47.4 Å². The van der Waals surface area contributed by atoms with E-state index in [0.29, 0.717) is 0 Å². The third kappa shape index (κ3) is 4.12. The number of benzene rings is 2. The topological polar surface area (TPSA) is 12.0 Å². The van der Waals surface area contributed by atoms with Crippen LogP contribution in [-0.2, 0) is 12.3 Å². The summed E-state index contributed by atoms with van der Waals surface area (Å²) in [6.07, 6.45) is 2.70. The number of hydrogen-bond donors (Lipinski definition) is 1. The summed E-state index contributed by atoms with van der Waals surface area (Å²) in [5.74, 6) is 1.05. The van der Waals surface area contributed by atoms with Gasteiger partial charge in [0, 0.05) is 23.2 Å². The average Bonchev–Trinajstić information content (AvgIpc) is 3.30. The van der Waals surface area contributed by atoms with Crippen molar-refractivity contribution in [2.45, 2.75) is 49.9 Å². The molecule has 110 valence electrons. The van der Waals surface area contributed by atoms with Crippen LogP contribution < -0.4 is 5.32 Å². The molecule has 0 heterocycles. The van der Waals surface area contributed by atoms with E-state index in [-0.39, 0.29) is 0 Å². The highest BCUT2D eigenvalue weighted by molar-refractivity contribution is 7.98. The first-order valence-electron chi connectivity index (χ1n) is 7.72. The molecule has 0 amide bonds. The fourth-order valence-electron chi connectivity index (χ4n) is 2.49. The predicted molar refractivity (Wildman–Crippen MR) is 91.8 cm³/mol. The van der Waals surface area contributed by atoms with Crippen LogP contribution in [0.5, 0.6) is 0 Å². The maximum atomic E-state index is 3.56. The zero-order chi connectivity index (χ0) is 14.7. The molecule has 21 heavy (non-hydrogen) atoms. The molecule has 0 aliphatic heterocycles. The van der Waals surface area contributed by atoms with Crippen LogP contribution >= 0.6 is 11.8 Å². The molecule has 1 aliphatic rings. The Labute approximate surface area is 132 Å². The van der Waals surface area contributed by atoms with Gasteiger partial charge in [0.2, 0.25) is 0 Å². The summed E-state index contributed by atoms with van der Waals surface area (Å²) in [4.78, 5) is 1.35. The van der Waals surface area contributed by atoms with Gasteiger partial charge in [-0.1, -0.05) is 30.3 Å². The Hall–Kier alpha value is -1.25. The Morgan fingerprint density at radius 2 is 1.67 bits per heavy atom. The molecule has 1 nitrogen and oxygen atoms in total. The van der Waals surface area contributed by atoms with Crippen molar-refractivity contribution < 1.29 is 0 Å². The maximum absolute atomic E-state index is 3.56. The van der Waals surface area contributed by atoms with Crippen LogP contribution in [-0.4, -0.2) is 6.04 Å². The lowest BCUT2D eigenvalue weighted by atomic mass is 10.1. The van der Waals surface area contributed by atoms with Gasteiger partial charge in [-0.2, -0.15) is 0 Å². The summed E-state index contributed by atoms with van der Waals surface area (Å²) < 4.78 is 0. The Kier molecular flexibility index (Phi) is 4.67. The Bertz CT molecular complexity index is 579. The minimum Gasteiger partial charge on any atom is -0.310 e. The second kappa shape index (κ2) is 6.67. The van der Waals surface area contributed by atoms with Crippen LogP contribution in [0, 0.1) is 13.8 Å². The number of nitrogens with one attached hydrogen (secondary N) is 1. The molecule has 0 unspecified atom stereocenters. The summed E-state index contributed by atoms with van der Waals surface area (Å²) in [6, 6.07) is 16.3. The van der Waals surface area contributed by atoms with E-state index in [1.165, 1.54) is 40.0 Å². The summed E-state index contributed by atoms with van der Waals surface area (Å²) in [5.41, 5.74) is 5.65. The zero-order valence-corrected chi connectivity index (χ0v) is 13.7. The number of thioether (sulfide) groups is 1. The van der Waals surface area contributed by atoms with Crippen molar-refractivity contribution in [1.82, 2.24) is 5.32 Å². The third-order valence-electron chi connectivity index (χ3n) is 4.12. The first-order chi connectivity index (χ1) is 10.2. The first kappa shape index (κ1) is 14.7. The van der Waals surface area contributed by atoms with Crippen molar-refractivity contribution in [2.75, 3.05) is 0 Å². The second-order valence-corrected chi connectivity index (χ2v) is 7.01. The molecule has 0 aromatic heterocycles. The molecule has 2 heteroatoms. The first-order valence-corrected chi connectivity index (χ1v) is 8.71. The monoisotopic (exact) mass is 297 g/mol. The van der Waals surface area contributed by atoms with Gasteiger partial charge in [0.25, 0.3) is 0 Å². The fourth-order valence-corrected chi connectivity index (χ4v) is 3.58. The minimum absolute atomic E-state index is 0.781. The molecule has 0 spiro atoms. The minimum atomic E-state index is 0.781. The lowest BCUT2D eigenvalue weighted by Crippen LogP contribution is -2.14. The molecule has 1 aliphatic carbocycles. The molecule has 0 saturated heterocycles. The van der Waals surface area contributed by atoms with E-state index in [9.17, 15) is 0 Å².